The van der Waals surface area contributed by atoms with E-state index in [1.54, 1.807) is 19.2 Å². The molecule has 0 aliphatic heterocycles. The topological polar surface area (TPSA) is 46.6 Å². The third-order valence-corrected chi connectivity index (χ3v) is 5.06. The van der Waals surface area contributed by atoms with Gasteiger partial charge in [0.2, 0.25) is 10.0 Å². The van der Waals surface area contributed by atoms with Gasteiger partial charge in [-0.2, -0.15) is 0 Å². The first-order chi connectivity index (χ1) is 8.45. The first-order valence-corrected chi connectivity index (χ1v) is 7.50. The molecule has 0 N–H and O–H groups in total. The lowest BCUT2D eigenvalue weighted by Gasteiger charge is -2.19. The van der Waals surface area contributed by atoms with Gasteiger partial charge in [-0.1, -0.05) is 6.07 Å². The smallest absolute Gasteiger partial charge is 0.246 e. The van der Waals surface area contributed by atoms with Gasteiger partial charge in [-0.3, -0.25) is 0 Å². The predicted molar refractivity (Wildman–Crippen MR) is 70.3 cm³/mol. The molecule has 1 aromatic rings. The fourth-order valence-electron chi connectivity index (χ4n) is 1.92. The molecule has 0 unspecified atom stereocenters. The minimum Gasteiger partial charge on any atom is -0.495 e. The number of ether oxygens (including phenoxy) is 1. The molecule has 0 aromatic heterocycles. The molecule has 1 aliphatic rings. The van der Waals surface area contributed by atoms with Crippen LogP contribution in [-0.4, -0.2) is 33.4 Å². The van der Waals surface area contributed by atoms with E-state index in [9.17, 15) is 8.42 Å². The molecule has 18 heavy (non-hydrogen) atoms. The fourth-order valence-corrected chi connectivity index (χ4v) is 3.40. The maximum atomic E-state index is 12.5. The average molecular weight is 269 g/mol. The number of hydrogen-bond donors (Lipinski definition) is 0. The number of nitrogens with zero attached hydrogens (tertiary/aromatic N) is 1. The van der Waals surface area contributed by atoms with Crippen LogP contribution in [0.15, 0.2) is 23.1 Å². The zero-order valence-electron chi connectivity index (χ0n) is 11.0. The molecule has 0 bridgehead atoms. The van der Waals surface area contributed by atoms with E-state index < -0.39 is 10.0 Å². The molecule has 1 aromatic carbocycles. The van der Waals surface area contributed by atoms with Gasteiger partial charge in [0.1, 0.15) is 10.6 Å². The Labute approximate surface area is 109 Å². The van der Waals surface area contributed by atoms with Crippen molar-refractivity contribution in [2.24, 2.45) is 5.92 Å². The van der Waals surface area contributed by atoms with E-state index in [2.05, 4.69) is 0 Å². The summed E-state index contributed by atoms with van der Waals surface area (Å²) in [5, 5.41) is 0. The molecule has 0 amide bonds. The van der Waals surface area contributed by atoms with Crippen molar-refractivity contribution >= 4 is 10.0 Å². The average Bonchev–Trinajstić information content (AvgIpc) is 3.12. The monoisotopic (exact) mass is 269 g/mol. The van der Waals surface area contributed by atoms with Crippen LogP contribution < -0.4 is 4.74 Å². The fraction of sp³-hybridized carbons (Fsp3) is 0.538. The molecule has 1 aliphatic carbocycles. The van der Waals surface area contributed by atoms with Crippen molar-refractivity contribution in [1.29, 1.82) is 0 Å². The summed E-state index contributed by atoms with van der Waals surface area (Å²) in [6.45, 7) is 2.47. The number of methoxy groups -OCH3 is 1. The molecule has 100 valence electrons. The molecule has 2 rings (SSSR count). The van der Waals surface area contributed by atoms with Crippen LogP contribution in [-0.2, 0) is 10.0 Å². The molecule has 0 spiro atoms. The van der Waals surface area contributed by atoms with Gasteiger partial charge in [0.25, 0.3) is 0 Å². The van der Waals surface area contributed by atoms with E-state index in [4.69, 9.17) is 4.74 Å². The Bertz CT molecular complexity index is 535. The van der Waals surface area contributed by atoms with E-state index in [1.807, 2.05) is 13.0 Å². The molecule has 1 saturated carbocycles. The number of benzene rings is 1. The van der Waals surface area contributed by atoms with Gasteiger partial charge in [-0.15, -0.1) is 0 Å². The molecule has 0 heterocycles. The molecular formula is C13H19NO3S. The lowest BCUT2D eigenvalue weighted by molar-refractivity contribution is 0.396. The van der Waals surface area contributed by atoms with Gasteiger partial charge >= 0.3 is 0 Å². The predicted octanol–water partition coefficient (Wildman–Crippen LogP) is 2.03. The maximum Gasteiger partial charge on any atom is 0.246 e. The Morgan fingerprint density at radius 1 is 1.39 bits per heavy atom. The van der Waals surface area contributed by atoms with Crippen LogP contribution in [0.3, 0.4) is 0 Å². The van der Waals surface area contributed by atoms with E-state index in [-0.39, 0.29) is 4.90 Å². The summed E-state index contributed by atoms with van der Waals surface area (Å²) < 4.78 is 31.5. The van der Waals surface area contributed by atoms with E-state index in [0.29, 0.717) is 18.2 Å². The molecular weight excluding hydrogens is 250 g/mol. The van der Waals surface area contributed by atoms with Crippen molar-refractivity contribution in [3.05, 3.63) is 23.8 Å². The second kappa shape index (κ2) is 4.90. The highest BCUT2D eigenvalue weighted by Gasteiger charge is 2.30. The van der Waals surface area contributed by atoms with Crippen molar-refractivity contribution in [2.45, 2.75) is 24.7 Å². The summed E-state index contributed by atoms with van der Waals surface area (Å²) in [7, 11) is -0.326. The Morgan fingerprint density at radius 3 is 2.61 bits per heavy atom. The number of sulfonamides is 1. The highest BCUT2D eigenvalue weighted by atomic mass is 32.2. The summed E-state index contributed by atoms with van der Waals surface area (Å²) in [5.41, 5.74) is 0.911. The minimum absolute atomic E-state index is 0.258. The second-order valence-corrected chi connectivity index (χ2v) is 6.90. The summed E-state index contributed by atoms with van der Waals surface area (Å²) in [5.74, 6) is 0.934. The van der Waals surface area contributed by atoms with Crippen LogP contribution >= 0.6 is 0 Å². The Hall–Kier alpha value is -1.07. The minimum atomic E-state index is -3.45. The standard InChI is InChI=1S/C13H19NO3S/c1-10-4-7-12(17-3)13(8-10)18(15,16)14(2)9-11-5-6-11/h4,7-8,11H,5-6,9H2,1-3H3. The normalized spacial score (nSPS) is 16.0. The second-order valence-electron chi connectivity index (χ2n) is 4.88. The van der Waals surface area contributed by atoms with E-state index >= 15 is 0 Å². The van der Waals surface area contributed by atoms with Crippen LogP contribution in [0.1, 0.15) is 18.4 Å². The van der Waals surface area contributed by atoms with Gasteiger partial charge in [0.05, 0.1) is 7.11 Å². The van der Waals surface area contributed by atoms with Crippen LogP contribution in [0.2, 0.25) is 0 Å². The number of rotatable bonds is 5. The first-order valence-electron chi connectivity index (χ1n) is 6.06. The zero-order chi connectivity index (χ0) is 13.3. The molecule has 5 heteroatoms. The van der Waals surface area contributed by atoms with Crippen LogP contribution in [0, 0.1) is 12.8 Å². The summed E-state index contributed by atoms with van der Waals surface area (Å²) in [6.07, 6.45) is 2.26. The number of aryl methyl sites for hydroxylation is 1. The summed E-state index contributed by atoms with van der Waals surface area (Å²) in [6, 6.07) is 5.21. The lowest BCUT2D eigenvalue weighted by Crippen LogP contribution is -2.29. The van der Waals surface area contributed by atoms with Gasteiger partial charge < -0.3 is 4.74 Å². The largest absolute Gasteiger partial charge is 0.495 e. The van der Waals surface area contributed by atoms with Gasteiger partial charge in [-0.05, 0) is 43.4 Å². The first kappa shape index (κ1) is 13.4. The molecule has 4 nitrogen and oxygen atoms in total. The third-order valence-electron chi connectivity index (χ3n) is 3.22. The third kappa shape index (κ3) is 2.67. The van der Waals surface area contributed by atoms with Gasteiger partial charge in [0, 0.05) is 13.6 Å². The van der Waals surface area contributed by atoms with Gasteiger partial charge in [0.15, 0.2) is 0 Å². The summed E-state index contributed by atoms with van der Waals surface area (Å²) in [4.78, 5) is 0.258. The van der Waals surface area contributed by atoms with Crippen molar-refractivity contribution in [3.8, 4) is 5.75 Å². The molecule has 1 fully saturated rings. The molecule has 0 saturated heterocycles. The zero-order valence-corrected chi connectivity index (χ0v) is 11.8. The van der Waals surface area contributed by atoms with Crippen LogP contribution in [0.25, 0.3) is 0 Å². The summed E-state index contributed by atoms with van der Waals surface area (Å²) >= 11 is 0. The Morgan fingerprint density at radius 2 is 2.06 bits per heavy atom. The maximum absolute atomic E-state index is 12.5. The van der Waals surface area contributed by atoms with Crippen molar-refractivity contribution in [2.75, 3.05) is 20.7 Å². The quantitative estimate of drug-likeness (QED) is 0.821. The number of hydrogen-bond acceptors (Lipinski definition) is 3. The van der Waals surface area contributed by atoms with Crippen molar-refractivity contribution < 1.29 is 13.2 Å². The van der Waals surface area contributed by atoms with Gasteiger partial charge in [-0.25, -0.2) is 12.7 Å². The SMILES string of the molecule is COc1ccc(C)cc1S(=O)(=O)N(C)CC1CC1. The van der Waals surface area contributed by atoms with Crippen molar-refractivity contribution in [1.82, 2.24) is 4.31 Å². The van der Waals surface area contributed by atoms with E-state index in [0.717, 1.165) is 18.4 Å². The lowest BCUT2D eigenvalue weighted by atomic mass is 10.2. The van der Waals surface area contributed by atoms with Crippen molar-refractivity contribution in [3.63, 3.8) is 0 Å². The highest BCUT2D eigenvalue weighted by Crippen LogP contribution is 2.33. The molecule has 0 radical (unpaired) electrons. The van der Waals surface area contributed by atoms with Crippen LogP contribution in [0.4, 0.5) is 0 Å². The Kier molecular flexibility index (Phi) is 3.64. The molecule has 0 atom stereocenters. The van der Waals surface area contributed by atoms with Crippen LogP contribution in [0.5, 0.6) is 5.75 Å². The Balaban J connectivity index is 2.35. The highest BCUT2D eigenvalue weighted by molar-refractivity contribution is 7.89. The van der Waals surface area contributed by atoms with E-state index in [1.165, 1.54) is 11.4 Å².